The van der Waals surface area contributed by atoms with Gasteiger partial charge in [0.05, 0.1) is 18.6 Å². The Labute approximate surface area is 206 Å². The molecule has 34 heavy (non-hydrogen) atoms. The van der Waals surface area contributed by atoms with Crippen molar-refractivity contribution in [3.8, 4) is 0 Å². The second kappa shape index (κ2) is 12.7. The van der Waals surface area contributed by atoms with Crippen LogP contribution in [0.4, 0.5) is 0 Å². The Morgan fingerprint density at radius 2 is 1.65 bits per heavy atom. The molecular formula is C25H35ClN2O6. The summed E-state index contributed by atoms with van der Waals surface area (Å²) in [5, 5.41) is 6.17. The molecule has 9 heteroatoms. The van der Waals surface area contributed by atoms with Crippen LogP contribution in [0, 0.1) is 5.92 Å². The van der Waals surface area contributed by atoms with Gasteiger partial charge in [0.25, 0.3) is 0 Å². The molecule has 1 aliphatic carbocycles. The van der Waals surface area contributed by atoms with Gasteiger partial charge in [-0.25, -0.2) is 4.79 Å². The Morgan fingerprint density at radius 1 is 1.03 bits per heavy atom. The van der Waals surface area contributed by atoms with E-state index in [1.165, 1.54) is 0 Å². The summed E-state index contributed by atoms with van der Waals surface area (Å²) >= 11 is 5.97. The third-order valence-corrected chi connectivity index (χ3v) is 6.41. The quantitative estimate of drug-likeness (QED) is 0.431. The first-order chi connectivity index (χ1) is 16.1. The number of amides is 2. The smallest absolute Gasteiger partial charge is 0.328 e. The van der Waals surface area contributed by atoms with Crippen LogP contribution in [0.15, 0.2) is 24.3 Å². The van der Waals surface area contributed by atoms with Crippen LogP contribution in [-0.4, -0.2) is 49.1 Å². The van der Waals surface area contributed by atoms with Gasteiger partial charge in [-0.2, -0.15) is 0 Å². The summed E-state index contributed by atoms with van der Waals surface area (Å²) in [6.45, 7) is 7.29. The SMILES string of the molecule is CCOC(=O)CC[C@@H](NC(=O)[C@@H](NC(=O)C(C)(C)c1ccc(Cl)cc1)C1CCC1)C(=O)OCC. The van der Waals surface area contributed by atoms with E-state index < -0.39 is 35.3 Å². The lowest BCUT2D eigenvalue weighted by atomic mass is 9.78. The Morgan fingerprint density at radius 3 is 2.18 bits per heavy atom. The summed E-state index contributed by atoms with van der Waals surface area (Å²) in [6, 6.07) is 5.19. The first-order valence-corrected chi connectivity index (χ1v) is 12.2. The summed E-state index contributed by atoms with van der Waals surface area (Å²) < 4.78 is 10.00. The number of rotatable bonds is 12. The highest BCUT2D eigenvalue weighted by Crippen LogP contribution is 2.31. The summed E-state index contributed by atoms with van der Waals surface area (Å²) in [7, 11) is 0. The van der Waals surface area contributed by atoms with E-state index >= 15 is 0 Å². The minimum absolute atomic E-state index is 0.0297. The summed E-state index contributed by atoms with van der Waals surface area (Å²) in [5.41, 5.74) is -0.141. The van der Waals surface area contributed by atoms with Crippen molar-refractivity contribution in [1.29, 1.82) is 0 Å². The third kappa shape index (κ3) is 7.45. The highest BCUT2D eigenvalue weighted by Gasteiger charge is 2.39. The maximum atomic E-state index is 13.2. The zero-order valence-electron chi connectivity index (χ0n) is 20.3. The number of hydrogen-bond acceptors (Lipinski definition) is 6. The molecule has 0 bridgehead atoms. The van der Waals surface area contributed by atoms with Crippen molar-refractivity contribution >= 4 is 35.4 Å². The second-order valence-corrected chi connectivity index (χ2v) is 9.37. The lowest BCUT2D eigenvalue weighted by molar-refractivity contribution is -0.149. The predicted molar refractivity (Wildman–Crippen MR) is 128 cm³/mol. The third-order valence-electron chi connectivity index (χ3n) is 6.15. The monoisotopic (exact) mass is 494 g/mol. The summed E-state index contributed by atoms with van der Waals surface area (Å²) in [4.78, 5) is 50.7. The van der Waals surface area contributed by atoms with E-state index in [-0.39, 0.29) is 37.9 Å². The van der Waals surface area contributed by atoms with Gasteiger partial charge in [0, 0.05) is 11.4 Å². The Kier molecular flexibility index (Phi) is 10.4. The average Bonchev–Trinajstić information content (AvgIpc) is 2.75. The van der Waals surface area contributed by atoms with Crippen LogP contribution in [-0.2, 0) is 34.1 Å². The van der Waals surface area contributed by atoms with Crippen LogP contribution >= 0.6 is 11.6 Å². The van der Waals surface area contributed by atoms with E-state index in [9.17, 15) is 19.2 Å². The fraction of sp³-hybridized carbons (Fsp3) is 0.600. The van der Waals surface area contributed by atoms with Gasteiger partial charge in [-0.3, -0.25) is 14.4 Å². The molecule has 1 fully saturated rings. The van der Waals surface area contributed by atoms with E-state index in [0.717, 1.165) is 24.8 Å². The molecule has 0 heterocycles. The Hall–Kier alpha value is -2.61. The van der Waals surface area contributed by atoms with E-state index in [4.69, 9.17) is 21.1 Å². The van der Waals surface area contributed by atoms with Crippen LogP contribution < -0.4 is 10.6 Å². The molecule has 0 aliphatic heterocycles. The number of carbonyl (C=O) groups excluding carboxylic acids is 4. The second-order valence-electron chi connectivity index (χ2n) is 8.93. The number of ether oxygens (including phenoxy) is 2. The molecule has 8 nitrogen and oxygen atoms in total. The molecule has 188 valence electrons. The fourth-order valence-corrected chi connectivity index (χ4v) is 3.86. The van der Waals surface area contributed by atoms with Crippen molar-refractivity contribution in [3.05, 3.63) is 34.9 Å². The number of carbonyl (C=O) groups is 4. The molecule has 0 aromatic heterocycles. The van der Waals surface area contributed by atoms with Crippen molar-refractivity contribution < 1.29 is 28.7 Å². The molecule has 0 saturated heterocycles. The number of esters is 2. The zero-order chi connectivity index (χ0) is 25.3. The van der Waals surface area contributed by atoms with Gasteiger partial charge in [-0.05, 0) is 70.6 Å². The standard InChI is InChI=1S/C25H35ClN2O6/c1-5-33-20(29)15-14-19(23(31)34-6-2)27-22(30)21(16-8-7-9-16)28-24(32)25(3,4)17-10-12-18(26)13-11-17/h10-13,16,19,21H,5-9,14-15H2,1-4H3,(H,27,30)(H,28,32)/t19-,21+/m1/s1. The lowest BCUT2D eigenvalue weighted by Crippen LogP contribution is -2.58. The lowest BCUT2D eigenvalue weighted by Gasteiger charge is -2.36. The number of nitrogens with one attached hydrogen (secondary N) is 2. The molecule has 2 atom stereocenters. The number of benzene rings is 1. The molecule has 1 aliphatic rings. The molecule has 1 saturated carbocycles. The fourth-order valence-electron chi connectivity index (χ4n) is 3.74. The van der Waals surface area contributed by atoms with E-state index in [1.54, 1.807) is 52.0 Å². The molecule has 2 amide bonds. The van der Waals surface area contributed by atoms with Crippen molar-refractivity contribution in [3.63, 3.8) is 0 Å². The van der Waals surface area contributed by atoms with Crippen LogP contribution in [0.2, 0.25) is 5.02 Å². The maximum Gasteiger partial charge on any atom is 0.328 e. The largest absolute Gasteiger partial charge is 0.466 e. The molecule has 2 N–H and O–H groups in total. The van der Waals surface area contributed by atoms with Gasteiger partial charge < -0.3 is 20.1 Å². The van der Waals surface area contributed by atoms with Gasteiger partial charge in [0.1, 0.15) is 12.1 Å². The van der Waals surface area contributed by atoms with Crippen molar-refractivity contribution in [2.75, 3.05) is 13.2 Å². The van der Waals surface area contributed by atoms with Gasteiger partial charge in [-0.15, -0.1) is 0 Å². The van der Waals surface area contributed by atoms with Crippen LogP contribution in [0.3, 0.4) is 0 Å². The van der Waals surface area contributed by atoms with E-state index in [0.29, 0.717) is 5.02 Å². The topological polar surface area (TPSA) is 111 Å². The molecular weight excluding hydrogens is 460 g/mol. The van der Waals surface area contributed by atoms with Crippen LogP contribution in [0.25, 0.3) is 0 Å². The zero-order valence-corrected chi connectivity index (χ0v) is 21.1. The van der Waals surface area contributed by atoms with E-state index in [1.807, 2.05) is 0 Å². The van der Waals surface area contributed by atoms with E-state index in [2.05, 4.69) is 10.6 Å². The molecule has 0 radical (unpaired) electrons. The summed E-state index contributed by atoms with van der Waals surface area (Å²) in [6.07, 6.45) is 2.57. The van der Waals surface area contributed by atoms with Gasteiger partial charge in [0.15, 0.2) is 0 Å². The molecule has 1 aromatic rings. The van der Waals surface area contributed by atoms with Gasteiger partial charge >= 0.3 is 11.9 Å². The minimum Gasteiger partial charge on any atom is -0.466 e. The molecule has 1 aromatic carbocycles. The van der Waals surface area contributed by atoms with Crippen molar-refractivity contribution in [1.82, 2.24) is 10.6 Å². The van der Waals surface area contributed by atoms with Crippen molar-refractivity contribution in [2.45, 2.75) is 77.3 Å². The van der Waals surface area contributed by atoms with Gasteiger partial charge in [-0.1, -0.05) is 30.2 Å². The average molecular weight is 495 g/mol. The van der Waals surface area contributed by atoms with Crippen LogP contribution in [0.1, 0.15) is 65.4 Å². The van der Waals surface area contributed by atoms with Gasteiger partial charge in [0.2, 0.25) is 11.8 Å². The predicted octanol–water partition coefficient (Wildman–Crippen LogP) is 3.29. The highest BCUT2D eigenvalue weighted by molar-refractivity contribution is 6.30. The Balaban J connectivity index is 2.14. The normalized spacial score (nSPS) is 15.4. The number of hydrogen-bond donors (Lipinski definition) is 2. The first-order valence-electron chi connectivity index (χ1n) is 11.8. The summed E-state index contributed by atoms with van der Waals surface area (Å²) in [5.74, 6) is -1.88. The van der Waals surface area contributed by atoms with Crippen LogP contribution in [0.5, 0.6) is 0 Å². The molecule has 0 unspecified atom stereocenters. The highest BCUT2D eigenvalue weighted by atomic mass is 35.5. The number of halogens is 1. The first kappa shape index (κ1) is 27.6. The van der Waals surface area contributed by atoms with Crippen molar-refractivity contribution in [2.24, 2.45) is 5.92 Å². The molecule has 0 spiro atoms. The maximum absolute atomic E-state index is 13.2. The Bertz CT molecular complexity index is 867. The minimum atomic E-state index is -1.01. The molecule has 2 rings (SSSR count).